The molecular formula is C23H17N7O4S. The number of rotatable bonds is 10. The number of thiocyanates is 1. The van der Waals surface area contributed by atoms with Crippen LogP contribution in [-0.4, -0.2) is 16.4 Å². The van der Waals surface area contributed by atoms with Gasteiger partial charge in [-0.1, -0.05) is 30.3 Å². The molecule has 0 aliphatic heterocycles. The van der Waals surface area contributed by atoms with Gasteiger partial charge in [0.05, 0.1) is 34.1 Å². The average molecular weight is 488 g/mol. The lowest BCUT2D eigenvalue weighted by Crippen LogP contribution is -2.23. The topological polar surface area (TPSA) is 162 Å². The third-order valence-electron chi connectivity index (χ3n) is 4.80. The van der Waals surface area contributed by atoms with Crippen LogP contribution in [0.3, 0.4) is 0 Å². The summed E-state index contributed by atoms with van der Waals surface area (Å²) in [6, 6.07) is 20.8. The van der Waals surface area contributed by atoms with E-state index in [-0.39, 0.29) is 10.6 Å². The maximum Gasteiger partial charge on any atom is 0.303 e. The van der Waals surface area contributed by atoms with Gasteiger partial charge in [0.25, 0.3) is 5.69 Å². The van der Waals surface area contributed by atoms with E-state index in [1.165, 1.54) is 0 Å². The Kier molecular flexibility index (Phi) is 8.43. The summed E-state index contributed by atoms with van der Waals surface area (Å²) in [5.74, 6) is 0. The molecule has 0 unspecified atom stereocenters. The standard InChI is InChI=1S/C23H17N7O4S/c24-11-4-12-28(15-17-5-2-1-3-6-17)19-9-7-18(8-10-19)26-27-20-13-23(35-16-25)22(30(33)34)14-21(20)29(31)32/h1-3,5-10,13-14H,4,12,15H2/b27-26+. The molecule has 3 rings (SSSR count). The Morgan fingerprint density at radius 2 is 1.60 bits per heavy atom. The lowest BCUT2D eigenvalue weighted by Gasteiger charge is -2.24. The van der Waals surface area contributed by atoms with Gasteiger partial charge in [-0.3, -0.25) is 20.2 Å². The van der Waals surface area contributed by atoms with Gasteiger partial charge >= 0.3 is 5.69 Å². The van der Waals surface area contributed by atoms with E-state index in [1.807, 2.05) is 35.2 Å². The van der Waals surface area contributed by atoms with Gasteiger partial charge in [-0.25, -0.2) is 0 Å². The number of hydrogen-bond donors (Lipinski definition) is 0. The maximum absolute atomic E-state index is 11.4. The molecule has 0 spiro atoms. The van der Waals surface area contributed by atoms with E-state index >= 15 is 0 Å². The van der Waals surface area contributed by atoms with Crippen LogP contribution >= 0.6 is 11.8 Å². The minimum absolute atomic E-state index is 0.0681. The van der Waals surface area contributed by atoms with Crippen molar-refractivity contribution in [1.82, 2.24) is 0 Å². The molecule has 174 valence electrons. The van der Waals surface area contributed by atoms with Crippen molar-refractivity contribution in [3.05, 3.63) is 92.5 Å². The lowest BCUT2D eigenvalue weighted by molar-refractivity contribution is -0.395. The fraction of sp³-hybridized carbons (Fsp3) is 0.130. The van der Waals surface area contributed by atoms with Crippen molar-refractivity contribution in [1.29, 1.82) is 10.5 Å². The van der Waals surface area contributed by atoms with Gasteiger partial charge in [-0.15, -0.1) is 5.11 Å². The third kappa shape index (κ3) is 6.60. The number of nitriles is 2. The zero-order valence-corrected chi connectivity index (χ0v) is 19.0. The molecule has 11 nitrogen and oxygen atoms in total. The van der Waals surface area contributed by atoms with Crippen LogP contribution in [0.4, 0.5) is 28.4 Å². The maximum atomic E-state index is 11.4. The van der Waals surface area contributed by atoms with Gasteiger partial charge in [-0.05, 0) is 47.7 Å². The molecule has 0 saturated heterocycles. The molecule has 0 aliphatic carbocycles. The molecule has 0 N–H and O–H groups in total. The van der Waals surface area contributed by atoms with Crippen LogP contribution in [0.2, 0.25) is 0 Å². The summed E-state index contributed by atoms with van der Waals surface area (Å²) >= 11 is 0.510. The van der Waals surface area contributed by atoms with Crippen LogP contribution in [0.5, 0.6) is 0 Å². The first-order valence-corrected chi connectivity index (χ1v) is 10.9. The summed E-state index contributed by atoms with van der Waals surface area (Å²) in [5, 5.41) is 50.2. The average Bonchev–Trinajstić information content (AvgIpc) is 2.86. The second kappa shape index (κ2) is 11.9. The van der Waals surface area contributed by atoms with E-state index in [4.69, 9.17) is 10.5 Å². The van der Waals surface area contributed by atoms with Gasteiger partial charge in [-0.2, -0.15) is 15.6 Å². The van der Waals surface area contributed by atoms with Crippen molar-refractivity contribution in [2.24, 2.45) is 10.2 Å². The number of thioether (sulfide) groups is 1. The van der Waals surface area contributed by atoms with Crippen molar-refractivity contribution in [3.63, 3.8) is 0 Å². The first kappa shape index (κ1) is 24.8. The van der Waals surface area contributed by atoms with Crippen molar-refractivity contribution in [3.8, 4) is 11.5 Å². The van der Waals surface area contributed by atoms with E-state index in [1.54, 1.807) is 29.7 Å². The van der Waals surface area contributed by atoms with Crippen molar-refractivity contribution < 1.29 is 9.85 Å². The Balaban J connectivity index is 1.87. The van der Waals surface area contributed by atoms with Gasteiger partial charge in [0.2, 0.25) is 0 Å². The molecule has 0 bridgehead atoms. The zero-order valence-electron chi connectivity index (χ0n) is 18.1. The highest BCUT2D eigenvalue weighted by Gasteiger charge is 2.25. The fourth-order valence-electron chi connectivity index (χ4n) is 3.18. The minimum atomic E-state index is -0.792. The highest BCUT2D eigenvalue weighted by molar-refractivity contribution is 8.03. The third-order valence-corrected chi connectivity index (χ3v) is 5.44. The van der Waals surface area contributed by atoms with Gasteiger partial charge in [0, 0.05) is 18.8 Å². The van der Waals surface area contributed by atoms with Crippen LogP contribution in [0.25, 0.3) is 0 Å². The van der Waals surface area contributed by atoms with E-state index in [0.717, 1.165) is 23.4 Å². The normalized spacial score (nSPS) is 10.5. The molecule has 0 aromatic heterocycles. The second-order valence-electron chi connectivity index (χ2n) is 7.05. The number of benzene rings is 3. The molecule has 0 atom stereocenters. The summed E-state index contributed by atoms with van der Waals surface area (Å²) in [5.41, 5.74) is 0.994. The summed E-state index contributed by atoms with van der Waals surface area (Å²) in [6.45, 7) is 1.14. The van der Waals surface area contributed by atoms with Crippen molar-refractivity contribution in [2.75, 3.05) is 11.4 Å². The Hall–Kier alpha value is -4.81. The fourth-order valence-corrected chi connectivity index (χ4v) is 3.68. The highest BCUT2D eigenvalue weighted by atomic mass is 32.2. The second-order valence-corrected chi connectivity index (χ2v) is 7.87. The number of azo groups is 1. The van der Waals surface area contributed by atoms with Crippen LogP contribution in [0.15, 0.2) is 81.9 Å². The number of nitro benzene ring substituents is 2. The summed E-state index contributed by atoms with van der Waals surface area (Å²) in [6.07, 6.45) is 0.348. The molecule has 3 aromatic carbocycles. The van der Waals surface area contributed by atoms with E-state index in [0.29, 0.717) is 37.0 Å². The molecule has 0 radical (unpaired) electrons. The smallest absolute Gasteiger partial charge is 0.303 e. The Morgan fingerprint density at radius 3 is 2.20 bits per heavy atom. The predicted molar refractivity (Wildman–Crippen MR) is 130 cm³/mol. The monoisotopic (exact) mass is 487 g/mol. The Bertz CT molecular complexity index is 1330. The zero-order chi connectivity index (χ0) is 25.2. The number of nitro groups is 2. The summed E-state index contributed by atoms with van der Waals surface area (Å²) in [4.78, 5) is 23.0. The minimum Gasteiger partial charge on any atom is -0.366 e. The molecule has 0 saturated carbocycles. The largest absolute Gasteiger partial charge is 0.366 e. The molecule has 0 heterocycles. The van der Waals surface area contributed by atoms with Gasteiger partial charge in [0.15, 0.2) is 5.69 Å². The Labute approximate surface area is 204 Å². The van der Waals surface area contributed by atoms with Crippen LogP contribution in [-0.2, 0) is 6.54 Å². The van der Waals surface area contributed by atoms with Crippen LogP contribution < -0.4 is 4.90 Å². The van der Waals surface area contributed by atoms with E-state index < -0.39 is 21.2 Å². The van der Waals surface area contributed by atoms with Gasteiger partial charge < -0.3 is 4.90 Å². The van der Waals surface area contributed by atoms with Gasteiger partial charge in [0.1, 0.15) is 10.3 Å². The number of anilines is 1. The molecule has 3 aromatic rings. The summed E-state index contributed by atoms with van der Waals surface area (Å²) in [7, 11) is 0. The number of nitrogens with zero attached hydrogens (tertiary/aromatic N) is 7. The first-order chi connectivity index (χ1) is 16.9. The van der Waals surface area contributed by atoms with Crippen molar-refractivity contribution in [2.45, 2.75) is 17.9 Å². The molecule has 0 fully saturated rings. The number of hydrogen-bond acceptors (Lipinski definition) is 10. The molecular weight excluding hydrogens is 470 g/mol. The molecule has 0 aliphatic rings. The van der Waals surface area contributed by atoms with Crippen LogP contribution in [0.1, 0.15) is 12.0 Å². The molecule has 0 amide bonds. The molecule has 35 heavy (non-hydrogen) atoms. The van der Waals surface area contributed by atoms with Crippen LogP contribution in [0, 0.1) is 42.2 Å². The van der Waals surface area contributed by atoms with Crippen molar-refractivity contribution >= 4 is 40.2 Å². The first-order valence-electron chi connectivity index (χ1n) is 10.1. The highest BCUT2D eigenvalue weighted by Crippen LogP contribution is 2.39. The Morgan fingerprint density at radius 1 is 0.914 bits per heavy atom. The van der Waals surface area contributed by atoms with E-state index in [9.17, 15) is 20.2 Å². The molecule has 12 heteroatoms. The predicted octanol–water partition coefficient (Wildman–Crippen LogP) is 6.41. The lowest BCUT2D eigenvalue weighted by atomic mass is 10.2. The summed E-state index contributed by atoms with van der Waals surface area (Å²) < 4.78 is 0. The SMILES string of the molecule is N#CCCN(Cc1ccccc1)c1ccc(/N=N/c2cc(SC#N)c([N+](=O)[O-])cc2[N+](=O)[O-])cc1. The quantitative estimate of drug-likeness (QED) is 0.104. The van der Waals surface area contributed by atoms with E-state index in [2.05, 4.69) is 16.3 Å².